The maximum absolute atomic E-state index is 12.9. The quantitative estimate of drug-likeness (QED) is 0.397. The van der Waals surface area contributed by atoms with Crippen LogP contribution in [0.2, 0.25) is 0 Å². The van der Waals surface area contributed by atoms with Crippen LogP contribution in [0.4, 0.5) is 0 Å². The van der Waals surface area contributed by atoms with Crippen molar-refractivity contribution in [3.63, 3.8) is 0 Å². The lowest BCUT2D eigenvalue weighted by Crippen LogP contribution is -2.30. The molecule has 33 heavy (non-hydrogen) atoms. The van der Waals surface area contributed by atoms with Crippen LogP contribution < -0.4 is 10.1 Å². The molecule has 0 aliphatic heterocycles. The lowest BCUT2D eigenvalue weighted by molar-refractivity contribution is -0.120. The van der Waals surface area contributed by atoms with E-state index in [2.05, 4.69) is 46.6 Å². The molecule has 6 heteroatoms. The van der Waals surface area contributed by atoms with Crippen LogP contribution in [-0.4, -0.2) is 16.0 Å². The Bertz CT molecular complexity index is 1170. The highest BCUT2D eigenvalue weighted by molar-refractivity contribution is 5.79. The third kappa shape index (κ3) is 6.07. The van der Waals surface area contributed by atoms with Crippen molar-refractivity contribution >= 4 is 5.91 Å². The Morgan fingerprint density at radius 3 is 2.33 bits per heavy atom. The number of rotatable bonds is 9. The van der Waals surface area contributed by atoms with Gasteiger partial charge in [0.1, 0.15) is 5.75 Å². The van der Waals surface area contributed by atoms with E-state index in [0.717, 1.165) is 16.7 Å². The fourth-order valence-corrected chi connectivity index (χ4v) is 3.50. The van der Waals surface area contributed by atoms with E-state index in [4.69, 9.17) is 9.26 Å². The second-order valence-corrected chi connectivity index (χ2v) is 7.89. The van der Waals surface area contributed by atoms with E-state index in [1.54, 1.807) is 0 Å². The highest BCUT2D eigenvalue weighted by Gasteiger charge is 2.17. The van der Waals surface area contributed by atoms with Crippen molar-refractivity contribution in [1.82, 2.24) is 15.5 Å². The number of hydrogen-bond acceptors (Lipinski definition) is 5. The van der Waals surface area contributed by atoms with Gasteiger partial charge in [0, 0.05) is 6.42 Å². The maximum Gasteiger partial charge on any atom is 0.226 e. The topological polar surface area (TPSA) is 77.2 Å². The Kier molecular flexibility index (Phi) is 7.15. The van der Waals surface area contributed by atoms with Gasteiger partial charge in [-0.3, -0.25) is 4.79 Å². The first kappa shape index (κ1) is 22.3. The second-order valence-electron chi connectivity index (χ2n) is 7.89. The summed E-state index contributed by atoms with van der Waals surface area (Å²) in [7, 11) is 0. The van der Waals surface area contributed by atoms with E-state index in [0.29, 0.717) is 23.9 Å². The summed E-state index contributed by atoms with van der Waals surface area (Å²) >= 11 is 0. The third-order valence-electron chi connectivity index (χ3n) is 5.32. The SMILES string of the molecule is CCc1nc(COc2ccc(CC(=O)NC(c3ccccc3)c3ccc(C)cc3)cc2)no1. The van der Waals surface area contributed by atoms with E-state index in [9.17, 15) is 4.79 Å². The maximum atomic E-state index is 12.9. The first-order valence-electron chi connectivity index (χ1n) is 11.0. The van der Waals surface area contributed by atoms with E-state index in [-0.39, 0.29) is 25.0 Å². The van der Waals surface area contributed by atoms with Crippen LogP contribution in [0.1, 0.15) is 46.9 Å². The molecule has 4 aromatic rings. The zero-order chi connectivity index (χ0) is 23.0. The number of carbonyl (C=O) groups is 1. The van der Waals surface area contributed by atoms with Crippen LogP contribution in [0.5, 0.6) is 5.75 Å². The molecule has 1 heterocycles. The Hall–Kier alpha value is -3.93. The molecule has 1 aromatic heterocycles. The average molecular weight is 442 g/mol. The molecule has 1 amide bonds. The van der Waals surface area contributed by atoms with Gasteiger partial charge < -0.3 is 14.6 Å². The van der Waals surface area contributed by atoms with Crippen molar-refractivity contribution in [2.24, 2.45) is 0 Å². The van der Waals surface area contributed by atoms with Gasteiger partial charge in [0.15, 0.2) is 6.61 Å². The van der Waals surface area contributed by atoms with E-state index < -0.39 is 0 Å². The standard InChI is InChI=1S/C27H27N3O3/c1-3-26-28-24(30-33-26)18-32-23-15-11-20(12-16-23)17-25(31)29-27(21-7-5-4-6-8-21)22-13-9-19(2)10-14-22/h4-16,27H,3,17-18H2,1-2H3,(H,29,31). The van der Waals surface area contributed by atoms with Crippen LogP contribution in [0.3, 0.4) is 0 Å². The van der Waals surface area contributed by atoms with Crippen molar-refractivity contribution < 1.29 is 14.1 Å². The largest absolute Gasteiger partial charge is 0.485 e. The van der Waals surface area contributed by atoms with Crippen LogP contribution in [0.15, 0.2) is 83.4 Å². The molecule has 0 aliphatic carbocycles. The molecule has 1 unspecified atom stereocenters. The Morgan fingerprint density at radius 1 is 0.970 bits per heavy atom. The second kappa shape index (κ2) is 10.6. The summed E-state index contributed by atoms with van der Waals surface area (Å²) in [5.41, 5.74) is 4.19. The zero-order valence-electron chi connectivity index (χ0n) is 18.8. The van der Waals surface area contributed by atoms with Gasteiger partial charge in [0.05, 0.1) is 12.5 Å². The van der Waals surface area contributed by atoms with Gasteiger partial charge in [-0.2, -0.15) is 4.98 Å². The van der Waals surface area contributed by atoms with Gasteiger partial charge in [-0.1, -0.05) is 84.4 Å². The van der Waals surface area contributed by atoms with Crippen LogP contribution in [-0.2, 0) is 24.2 Å². The van der Waals surface area contributed by atoms with E-state index >= 15 is 0 Å². The zero-order valence-corrected chi connectivity index (χ0v) is 18.8. The van der Waals surface area contributed by atoms with Crippen molar-refractivity contribution in [3.05, 3.63) is 113 Å². The molecule has 0 fully saturated rings. The first-order valence-corrected chi connectivity index (χ1v) is 11.0. The van der Waals surface area contributed by atoms with Crippen molar-refractivity contribution in [2.75, 3.05) is 0 Å². The lowest BCUT2D eigenvalue weighted by atomic mass is 9.97. The van der Waals surface area contributed by atoms with Crippen molar-refractivity contribution in [3.8, 4) is 5.75 Å². The number of hydrogen-bond donors (Lipinski definition) is 1. The van der Waals surface area contributed by atoms with Crippen LogP contribution in [0, 0.1) is 6.92 Å². The molecule has 0 bridgehead atoms. The summed E-state index contributed by atoms with van der Waals surface area (Å²) in [5, 5.41) is 7.07. The molecular formula is C27H27N3O3. The molecular weight excluding hydrogens is 414 g/mol. The summed E-state index contributed by atoms with van der Waals surface area (Å²) in [6.07, 6.45) is 0.971. The number of aryl methyl sites for hydroxylation is 2. The summed E-state index contributed by atoms with van der Waals surface area (Å²) in [4.78, 5) is 17.1. The molecule has 6 nitrogen and oxygen atoms in total. The highest BCUT2D eigenvalue weighted by Crippen LogP contribution is 2.23. The molecule has 0 radical (unpaired) electrons. The fourth-order valence-electron chi connectivity index (χ4n) is 3.50. The monoisotopic (exact) mass is 441 g/mol. The van der Waals surface area contributed by atoms with Gasteiger partial charge in [-0.15, -0.1) is 0 Å². The highest BCUT2D eigenvalue weighted by atomic mass is 16.5. The number of nitrogens with one attached hydrogen (secondary N) is 1. The summed E-state index contributed by atoms with van der Waals surface area (Å²) < 4.78 is 10.8. The Labute approximate surface area is 193 Å². The van der Waals surface area contributed by atoms with Gasteiger partial charge in [-0.05, 0) is 35.7 Å². The summed E-state index contributed by atoms with van der Waals surface area (Å²) in [6, 6.07) is 25.5. The van der Waals surface area contributed by atoms with Gasteiger partial charge >= 0.3 is 0 Å². The van der Waals surface area contributed by atoms with Gasteiger partial charge in [0.25, 0.3) is 0 Å². The van der Waals surface area contributed by atoms with Crippen molar-refractivity contribution in [2.45, 2.75) is 39.3 Å². The van der Waals surface area contributed by atoms with Crippen molar-refractivity contribution in [1.29, 1.82) is 0 Å². The van der Waals surface area contributed by atoms with E-state index in [1.807, 2.05) is 61.5 Å². The van der Waals surface area contributed by atoms with E-state index in [1.165, 1.54) is 5.56 Å². The predicted octanol–water partition coefficient (Wildman–Crippen LogP) is 4.97. The Balaban J connectivity index is 1.38. The van der Waals surface area contributed by atoms with Crippen LogP contribution in [0.25, 0.3) is 0 Å². The molecule has 3 aromatic carbocycles. The number of benzene rings is 3. The first-order chi connectivity index (χ1) is 16.1. The molecule has 0 spiro atoms. The minimum Gasteiger partial charge on any atom is -0.485 e. The molecule has 4 rings (SSSR count). The molecule has 1 atom stereocenters. The number of carbonyl (C=O) groups excluding carboxylic acids is 1. The van der Waals surface area contributed by atoms with Crippen LogP contribution >= 0.6 is 0 Å². The Morgan fingerprint density at radius 2 is 1.67 bits per heavy atom. The molecule has 0 saturated heterocycles. The average Bonchev–Trinajstić information content (AvgIpc) is 3.32. The molecule has 0 aliphatic rings. The third-order valence-corrected chi connectivity index (χ3v) is 5.32. The number of nitrogens with zero attached hydrogens (tertiary/aromatic N) is 2. The molecule has 1 N–H and O–H groups in total. The summed E-state index contributed by atoms with van der Waals surface area (Å²) in [5.74, 6) is 1.74. The molecule has 168 valence electrons. The minimum absolute atomic E-state index is 0.0445. The summed E-state index contributed by atoms with van der Waals surface area (Å²) in [6.45, 7) is 4.24. The normalized spacial score (nSPS) is 11.7. The predicted molar refractivity (Wildman–Crippen MR) is 126 cm³/mol. The molecule has 0 saturated carbocycles. The number of aromatic nitrogens is 2. The smallest absolute Gasteiger partial charge is 0.226 e. The van der Waals surface area contributed by atoms with Gasteiger partial charge in [-0.25, -0.2) is 0 Å². The van der Waals surface area contributed by atoms with Gasteiger partial charge in [0.2, 0.25) is 17.6 Å². The fraction of sp³-hybridized carbons (Fsp3) is 0.222. The number of amides is 1. The lowest BCUT2D eigenvalue weighted by Gasteiger charge is -2.20. The number of ether oxygens (including phenoxy) is 1. The minimum atomic E-state index is -0.204.